The average Bonchev–Trinajstić information content (AvgIpc) is 2.52. The molecule has 1 aromatic carbocycles. The standard InChI is InChI=1S/C17H25N3O4/c1-11(2)18-17(22)19-16(21)10-20-6-5-12-7-14(23-3)15(24-4)8-13(12)9-20/h7-8,11H,5-6,9-10H2,1-4H3,(H2,18,19,21,22). The minimum atomic E-state index is -0.459. The van der Waals surface area contributed by atoms with Crippen LogP contribution in [0, 0.1) is 0 Å². The lowest BCUT2D eigenvalue weighted by Gasteiger charge is -2.28. The van der Waals surface area contributed by atoms with Gasteiger partial charge in [0, 0.05) is 19.1 Å². The number of carbonyl (C=O) groups is 2. The summed E-state index contributed by atoms with van der Waals surface area (Å²) in [5.74, 6) is 1.09. The van der Waals surface area contributed by atoms with Crippen LogP contribution in [0.15, 0.2) is 12.1 Å². The van der Waals surface area contributed by atoms with E-state index in [4.69, 9.17) is 9.47 Å². The fourth-order valence-corrected chi connectivity index (χ4v) is 2.74. The van der Waals surface area contributed by atoms with Crippen LogP contribution in [-0.2, 0) is 17.8 Å². The maximum absolute atomic E-state index is 12.0. The Morgan fingerprint density at radius 1 is 1.17 bits per heavy atom. The number of methoxy groups -OCH3 is 2. The van der Waals surface area contributed by atoms with Crippen LogP contribution in [0.5, 0.6) is 11.5 Å². The quantitative estimate of drug-likeness (QED) is 0.848. The molecular weight excluding hydrogens is 310 g/mol. The van der Waals surface area contributed by atoms with Crippen molar-refractivity contribution in [3.8, 4) is 11.5 Å². The number of nitrogens with one attached hydrogen (secondary N) is 2. The number of imide groups is 1. The Hall–Kier alpha value is -2.28. The minimum absolute atomic E-state index is 0.0119. The van der Waals surface area contributed by atoms with Crippen LogP contribution < -0.4 is 20.1 Å². The number of hydrogen-bond acceptors (Lipinski definition) is 5. The first kappa shape index (κ1) is 18.1. The maximum atomic E-state index is 12.0. The molecule has 3 amide bonds. The van der Waals surface area contributed by atoms with E-state index in [0.29, 0.717) is 18.0 Å². The van der Waals surface area contributed by atoms with Crippen molar-refractivity contribution in [1.29, 1.82) is 0 Å². The third kappa shape index (κ3) is 4.61. The Morgan fingerprint density at radius 2 is 1.79 bits per heavy atom. The largest absolute Gasteiger partial charge is 0.493 e. The molecule has 1 aromatic rings. The monoisotopic (exact) mass is 335 g/mol. The molecule has 0 bridgehead atoms. The zero-order valence-electron chi connectivity index (χ0n) is 14.6. The number of carbonyl (C=O) groups excluding carboxylic acids is 2. The predicted octanol–water partition coefficient (Wildman–Crippen LogP) is 1.30. The van der Waals surface area contributed by atoms with E-state index in [1.165, 1.54) is 5.56 Å². The van der Waals surface area contributed by atoms with Gasteiger partial charge in [0.25, 0.3) is 0 Å². The number of ether oxygens (including phenoxy) is 2. The summed E-state index contributed by atoms with van der Waals surface area (Å²) in [6, 6.07) is 3.46. The molecule has 0 saturated carbocycles. The second kappa shape index (κ2) is 8.01. The molecule has 132 valence electrons. The number of rotatable bonds is 5. The van der Waals surface area contributed by atoms with Gasteiger partial charge in [-0.3, -0.25) is 15.0 Å². The Labute approximate surface area is 142 Å². The van der Waals surface area contributed by atoms with Gasteiger partial charge in [-0.05, 0) is 43.5 Å². The first-order valence-corrected chi connectivity index (χ1v) is 7.99. The Bertz CT molecular complexity index is 616. The van der Waals surface area contributed by atoms with E-state index in [0.717, 1.165) is 18.5 Å². The smallest absolute Gasteiger partial charge is 0.321 e. The molecule has 0 saturated heterocycles. The molecule has 0 unspecified atom stereocenters. The molecule has 0 aromatic heterocycles. The summed E-state index contributed by atoms with van der Waals surface area (Å²) in [5.41, 5.74) is 2.31. The van der Waals surface area contributed by atoms with Crippen molar-refractivity contribution in [2.45, 2.75) is 32.9 Å². The van der Waals surface area contributed by atoms with Gasteiger partial charge in [-0.1, -0.05) is 0 Å². The van der Waals surface area contributed by atoms with E-state index in [-0.39, 0.29) is 18.5 Å². The van der Waals surface area contributed by atoms with Crippen molar-refractivity contribution < 1.29 is 19.1 Å². The van der Waals surface area contributed by atoms with E-state index in [9.17, 15) is 9.59 Å². The molecule has 0 radical (unpaired) electrons. The Morgan fingerprint density at radius 3 is 2.38 bits per heavy atom. The van der Waals surface area contributed by atoms with Gasteiger partial charge in [0.15, 0.2) is 11.5 Å². The lowest BCUT2D eigenvalue weighted by atomic mass is 9.99. The molecule has 1 aliphatic rings. The van der Waals surface area contributed by atoms with Gasteiger partial charge >= 0.3 is 6.03 Å². The molecule has 0 aliphatic carbocycles. The zero-order chi connectivity index (χ0) is 17.7. The van der Waals surface area contributed by atoms with Crippen molar-refractivity contribution in [2.75, 3.05) is 27.3 Å². The van der Waals surface area contributed by atoms with Crippen molar-refractivity contribution in [2.24, 2.45) is 0 Å². The number of amides is 3. The van der Waals surface area contributed by atoms with Crippen LogP contribution in [0.4, 0.5) is 4.79 Å². The molecule has 7 nitrogen and oxygen atoms in total. The number of urea groups is 1. The van der Waals surface area contributed by atoms with E-state index < -0.39 is 6.03 Å². The second-order valence-electron chi connectivity index (χ2n) is 6.11. The Kier molecular flexibility index (Phi) is 6.03. The lowest BCUT2D eigenvalue weighted by Crippen LogP contribution is -2.47. The van der Waals surface area contributed by atoms with Gasteiger partial charge in [-0.25, -0.2) is 4.79 Å². The highest BCUT2D eigenvalue weighted by Gasteiger charge is 2.21. The van der Waals surface area contributed by atoms with Gasteiger partial charge in [0.2, 0.25) is 5.91 Å². The summed E-state index contributed by atoms with van der Waals surface area (Å²) >= 11 is 0. The van der Waals surface area contributed by atoms with Crippen LogP contribution in [0.25, 0.3) is 0 Å². The number of benzene rings is 1. The van der Waals surface area contributed by atoms with Crippen LogP contribution in [-0.4, -0.2) is 50.2 Å². The fraction of sp³-hybridized carbons (Fsp3) is 0.529. The fourth-order valence-electron chi connectivity index (χ4n) is 2.74. The van der Waals surface area contributed by atoms with Crippen molar-refractivity contribution in [3.63, 3.8) is 0 Å². The molecule has 7 heteroatoms. The summed E-state index contributed by atoms with van der Waals surface area (Å²) in [5, 5.41) is 4.98. The zero-order valence-corrected chi connectivity index (χ0v) is 14.6. The highest BCUT2D eigenvalue weighted by Crippen LogP contribution is 2.33. The third-order valence-corrected chi connectivity index (χ3v) is 3.84. The van der Waals surface area contributed by atoms with Crippen LogP contribution >= 0.6 is 0 Å². The number of fused-ring (bicyclic) bond motifs is 1. The SMILES string of the molecule is COc1cc2c(cc1OC)CN(CC(=O)NC(=O)NC(C)C)CC2. The topological polar surface area (TPSA) is 79.9 Å². The van der Waals surface area contributed by atoms with Gasteiger partial charge in [0.1, 0.15) is 0 Å². The van der Waals surface area contributed by atoms with Crippen LogP contribution in [0.3, 0.4) is 0 Å². The molecule has 2 N–H and O–H groups in total. The molecule has 0 spiro atoms. The molecule has 1 aliphatic heterocycles. The second-order valence-corrected chi connectivity index (χ2v) is 6.11. The van der Waals surface area contributed by atoms with E-state index >= 15 is 0 Å². The van der Waals surface area contributed by atoms with E-state index in [2.05, 4.69) is 10.6 Å². The van der Waals surface area contributed by atoms with Gasteiger partial charge in [0.05, 0.1) is 20.8 Å². The number of hydrogen-bond donors (Lipinski definition) is 2. The van der Waals surface area contributed by atoms with Crippen molar-refractivity contribution in [3.05, 3.63) is 23.3 Å². The van der Waals surface area contributed by atoms with Gasteiger partial charge in [-0.2, -0.15) is 0 Å². The molecular formula is C17H25N3O4. The van der Waals surface area contributed by atoms with Crippen molar-refractivity contribution >= 4 is 11.9 Å². The summed E-state index contributed by atoms with van der Waals surface area (Å²) in [4.78, 5) is 25.6. The van der Waals surface area contributed by atoms with Crippen LogP contribution in [0.2, 0.25) is 0 Å². The molecule has 1 heterocycles. The van der Waals surface area contributed by atoms with Gasteiger partial charge < -0.3 is 14.8 Å². The molecule has 24 heavy (non-hydrogen) atoms. The third-order valence-electron chi connectivity index (χ3n) is 3.84. The molecule has 0 atom stereocenters. The first-order valence-electron chi connectivity index (χ1n) is 7.99. The van der Waals surface area contributed by atoms with Crippen LogP contribution in [0.1, 0.15) is 25.0 Å². The summed E-state index contributed by atoms with van der Waals surface area (Å²) in [6.45, 7) is 5.25. The maximum Gasteiger partial charge on any atom is 0.321 e. The van der Waals surface area contributed by atoms with E-state index in [1.54, 1.807) is 14.2 Å². The van der Waals surface area contributed by atoms with Crippen molar-refractivity contribution in [1.82, 2.24) is 15.5 Å². The minimum Gasteiger partial charge on any atom is -0.493 e. The predicted molar refractivity (Wildman–Crippen MR) is 90.3 cm³/mol. The molecule has 0 fully saturated rings. The summed E-state index contributed by atoms with van der Waals surface area (Å²) < 4.78 is 10.7. The highest BCUT2D eigenvalue weighted by molar-refractivity contribution is 5.95. The van der Waals surface area contributed by atoms with Gasteiger partial charge in [-0.15, -0.1) is 0 Å². The molecule has 2 rings (SSSR count). The Balaban J connectivity index is 1.97. The highest BCUT2D eigenvalue weighted by atomic mass is 16.5. The number of nitrogens with zero attached hydrogens (tertiary/aromatic N) is 1. The van der Waals surface area contributed by atoms with E-state index in [1.807, 2.05) is 30.9 Å². The summed E-state index contributed by atoms with van der Waals surface area (Å²) in [7, 11) is 3.22. The first-order chi connectivity index (χ1) is 11.4. The normalized spacial score (nSPS) is 14.0. The lowest BCUT2D eigenvalue weighted by molar-refractivity contribution is -0.121. The summed E-state index contributed by atoms with van der Waals surface area (Å²) in [6.07, 6.45) is 0.821. The average molecular weight is 335 g/mol.